The molecule has 1 unspecified atom stereocenters. The van der Waals surface area contributed by atoms with Gasteiger partial charge in [-0.2, -0.15) is 0 Å². The van der Waals surface area contributed by atoms with Crippen LogP contribution in [0.4, 0.5) is 0 Å². The van der Waals surface area contributed by atoms with Crippen LogP contribution in [0.2, 0.25) is 0 Å². The first-order chi connectivity index (χ1) is 10.3. The average Bonchev–Trinajstić information content (AvgIpc) is 3.12. The summed E-state index contributed by atoms with van der Waals surface area (Å²) in [6.45, 7) is 5.62. The van der Waals surface area contributed by atoms with E-state index in [4.69, 9.17) is 4.74 Å². The molecule has 0 amide bonds. The Morgan fingerprint density at radius 2 is 2.38 bits per heavy atom. The van der Waals surface area contributed by atoms with Crippen molar-refractivity contribution in [1.82, 2.24) is 14.9 Å². The Hall–Kier alpha value is -1.65. The van der Waals surface area contributed by atoms with Gasteiger partial charge in [0.15, 0.2) is 0 Å². The summed E-state index contributed by atoms with van der Waals surface area (Å²) in [6.07, 6.45) is 6.66. The van der Waals surface area contributed by atoms with Gasteiger partial charge in [0.05, 0.1) is 12.6 Å². The molecule has 1 saturated heterocycles. The Morgan fingerprint density at radius 3 is 3.19 bits per heavy atom. The van der Waals surface area contributed by atoms with Gasteiger partial charge in [0.2, 0.25) is 0 Å². The van der Waals surface area contributed by atoms with Gasteiger partial charge < -0.3 is 14.6 Å². The first-order valence-electron chi connectivity index (χ1n) is 7.69. The Kier molecular flexibility index (Phi) is 4.68. The Bertz CT molecular complexity index is 573. The molecule has 1 N–H and O–H groups in total. The zero-order valence-corrected chi connectivity index (χ0v) is 12.6. The summed E-state index contributed by atoms with van der Waals surface area (Å²) in [5, 5.41) is 3.46. The summed E-state index contributed by atoms with van der Waals surface area (Å²) in [4.78, 5) is 4.46. The molecule has 0 radical (unpaired) electrons. The highest BCUT2D eigenvalue weighted by molar-refractivity contribution is 5.22. The van der Waals surface area contributed by atoms with E-state index in [1.807, 2.05) is 12.4 Å². The second-order valence-electron chi connectivity index (χ2n) is 5.73. The van der Waals surface area contributed by atoms with E-state index < -0.39 is 0 Å². The highest BCUT2D eigenvalue weighted by Gasteiger charge is 2.14. The van der Waals surface area contributed by atoms with E-state index in [9.17, 15) is 0 Å². The molecule has 3 rings (SSSR count). The first kappa shape index (κ1) is 14.3. The van der Waals surface area contributed by atoms with Crippen LogP contribution < -0.4 is 5.32 Å². The minimum atomic E-state index is 0.380. The summed E-state index contributed by atoms with van der Waals surface area (Å²) >= 11 is 0. The molecule has 2 aromatic rings. The number of rotatable bonds is 6. The quantitative estimate of drug-likeness (QED) is 0.886. The maximum atomic E-state index is 5.62. The second kappa shape index (κ2) is 6.87. The van der Waals surface area contributed by atoms with Gasteiger partial charge in [-0.25, -0.2) is 4.98 Å². The third-order valence-corrected chi connectivity index (χ3v) is 3.92. The van der Waals surface area contributed by atoms with Crippen LogP contribution in [0.25, 0.3) is 0 Å². The van der Waals surface area contributed by atoms with Crippen molar-refractivity contribution in [1.29, 1.82) is 0 Å². The van der Waals surface area contributed by atoms with Crippen LogP contribution in [0.5, 0.6) is 0 Å². The molecule has 4 heteroatoms. The largest absolute Gasteiger partial charge is 0.377 e. The van der Waals surface area contributed by atoms with E-state index in [-0.39, 0.29) is 0 Å². The number of benzene rings is 1. The summed E-state index contributed by atoms with van der Waals surface area (Å²) < 4.78 is 7.83. The maximum absolute atomic E-state index is 5.62. The van der Waals surface area contributed by atoms with Crippen LogP contribution in [0.15, 0.2) is 36.7 Å². The lowest BCUT2D eigenvalue weighted by Crippen LogP contribution is -2.27. The normalized spacial score (nSPS) is 18.2. The van der Waals surface area contributed by atoms with Crippen molar-refractivity contribution in [3.8, 4) is 0 Å². The predicted molar refractivity (Wildman–Crippen MR) is 83.2 cm³/mol. The highest BCUT2D eigenvalue weighted by atomic mass is 16.5. The topological polar surface area (TPSA) is 39.1 Å². The molecule has 1 aliphatic rings. The first-order valence-corrected chi connectivity index (χ1v) is 7.69. The molecule has 0 saturated carbocycles. The van der Waals surface area contributed by atoms with Crippen LogP contribution in [0, 0.1) is 6.92 Å². The Balaban J connectivity index is 1.56. The standard InChI is InChI=1S/C17H23N3O/c1-14-4-2-5-15(10-14)13-20-8-7-19-17(20)12-18-11-16-6-3-9-21-16/h2,4-5,7-8,10,16,18H,3,6,9,11-13H2,1H3. The van der Waals surface area contributed by atoms with Gasteiger partial charge in [-0.15, -0.1) is 0 Å². The third-order valence-electron chi connectivity index (χ3n) is 3.92. The van der Waals surface area contributed by atoms with E-state index in [1.165, 1.54) is 24.0 Å². The lowest BCUT2D eigenvalue weighted by atomic mass is 10.1. The summed E-state index contributed by atoms with van der Waals surface area (Å²) in [5.74, 6) is 1.08. The van der Waals surface area contributed by atoms with E-state index in [1.54, 1.807) is 0 Å². The van der Waals surface area contributed by atoms with E-state index in [0.29, 0.717) is 6.10 Å². The van der Waals surface area contributed by atoms with Crippen molar-refractivity contribution in [2.24, 2.45) is 0 Å². The van der Waals surface area contributed by atoms with E-state index in [0.717, 1.165) is 32.1 Å². The monoisotopic (exact) mass is 285 g/mol. The molecule has 0 bridgehead atoms. The molecule has 0 aliphatic carbocycles. The number of aryl methyl sites for hydroxylation is 1. The molecule has 112 valence electrons. The summed E-state index contributed by atoms with van der Waals surface area (Å²) in [7, 11) is 0. The summed E-state index contributed by atoms with van der Waals surface area (Å²) in [5.41, 5.74) is 2.61. The second-order valence-corrected chi connectivity index (χ2v) is 5.73. The van der Waals surface area contributed by atoms with Crippen LogP contribution in [-0.4, -0.2) is 28.8 Å². The van der Waals surface area contributed by atoms with E-state index in [2.05, 4.69) is 46.1 Å². The fourth-order valence-corrected chi connectivity index (χ4v) is 2.81. The minimum Gasteiger partial charge on any atom is -0.377 e. The van der Waals surface area contributed by atoms with Gasteiger partial charge in [-0.3, -0.25) is 0 Å². The molecule has 1 aromatic carbocycles. The van der Waals surface area contributed by atoms with Gasteiger partial charge in [-0.1, -0.05) is 29.8 Å². The Morgan fingerprint density at radius 1 is 1.43 bits per heavy atom. The number of nitrogens with zero attached hydrogens (tertiary/aromatic N) is 2. The number of nitrogens with one attached hydrogen (secondary N) is 1. The zero-order chi connectivity index (χ0) is 14.5. The molecular formula is C17H23N3O. The molecule has 4 nitrogen and oxygen atoms in total. The molecule has 1 fully saturated rings. The molecule has 1 atom stereocenters. The fraction of sp³-hybridized carbons (Fsp3) is 0.471. The lowest BCUT2D eigenvalue weighted by molar-refractivity contribution is 0.109. The average molecular weight is 285 g/mol. The van der Waals surface area contributed by atoms with Crippen molar-refractivity contribution < 1.29 is 4.74 Å². The van der Waals surface area contributed by atoms with Crippen LogP contribution in [-0.2, 0) is 17.8 Å². The molecule has 21 heavy (non-hydrogen) atoms. The van der Waals surface area contributed by atoms with Crippen molar-refractivity contribution in [3.05, 3.63) is 53.6 Å². The van der Waals surface area contributed by atoms with Crippen molar-refractivity contribution in [2.75, 3.05) is 13.2 Å². The number of imidazole rings is 1. The highest BCUT2D eigenvalue weighted by Crippen LogP contribution is 2.11. The maximum Gasteiger partial charge on any atom is 0.122 e. The Labute approximate surface area is 126 Å². The smallest absolute Gasteiger partial charge is 0.122 e. The van der Waals surface area contributed by atoms with Crippen LogP contribution in [0.3, 0.4) is 0 Å². The van der Waals surface area contributed by atoms with Crippen molar-refractivity contribution >= 4 is 0 Å². The summed E-state index contributed by atoms with van der Waals surface area (Å²) in [6, 6.07) is 8.62. The fourth-order valence-electron chi connectivity index (χ4n) is 2.81. The molecule has 1 aromatic heterocycles. The number of aromatic nitrogens is 2. The lowest BCUT2D eigenvalue weighted by Gasteiger charge is -2.12. The zero-order valence-electron chi connectivity index (χ0n) is 12.6. The van der Waals surface area contributed by atoms with Gasteiger partial charge in [-0.05, 0) is 25.3 Å². The number of hydrogen-bond acceptors (Lipinski definition) is 3. The van der Waals surface area contributed by atoms with Gasteiger partial charge in [0, 0.05) is 32.1 Å². The van der Waals surface area contributed by atoms with Gasteiger partial charge in [0.1, 0.15) is 5.82 Å². The van der Waals surface area contributed by atoms with Gasteiger partial charge in [0.25, 0.3) is 0 Å². The number of ether oxygens (including phenoxy) is 1. The third kappa shape index (κ3) is 3.93. The number of hydrogen-bond donors (Lipinski definition) is 1. The van der Waals surface area contributed by atoms with Crippen LogP contribution >= 0.6 is 0 Å². The molecule has 0 spiro atoms. The minimum absolute atomic E-state index is 0.380. The van der Waals surface area contributed by atoms with Crippen molar-refractivity contribution in [2.45, 2.75) is 39.0 Å². The van der Waals surface area contributed by atoms with Gasteiger partial charge >= 0.3 is 0 Å². The molecule has 1 aliphatic heterocycles. The van der Waals surface area contributed by atoms with E-state index >= 15 is 0 Å². The van der Waals surface area contributed by atoms with Crippen LogP contribution in [0.1, 0.15) is 29.8 Å². The SMILES string of the molecule is Cc1cccc(Cn2ccnc2CNCC2CCCO2)c1. The molecular weight excluding hydrogens is 262 g/mol. The van der Waals surface area contributed by atoms with Crippen molar-refractivity contribution in [3.63, 3.8) is 0 Å². The predicted octanol–water partition coefficient (Wildman–Crippen LogP) is 2.51. The molecule has 2 heterocycles.